The Morgan fingerprint density at radius 3 is 2.48 bits per heavy atom. The van der Waals surface area contributed by atoms with E-state index in [1.165, 1.54) is 17.3 Å². The number of nitrogens with one attached hydrogen (secondary N) is 2. The molecule has 2 N–H and O–H groups in total. The number of anilines is 2. The highest BCUT2D eigenvalue weighted by Crippen LogP contribution is 2.30. The van der Waals surface area contributed by atoms with Crippen LogP contribution >= 0.6 is 11.8 Å². The van der Waals surface area contributed by atoms with Crippen molar-refractivity contribution in [1.82, 2.24) is 0 Å². The molecule has 1 saturated carbocycles. The van der Waals surface area contributed by atoms with Gasteiger partial charge in [-0.05, 0) is 68.1 Å². The molecule has 5 heteroatoms. The summed E-state index contributed by atoms with van der Waals surface area (Å²) in [5.41, 5.74) is 3.97. The largest absolute Gasteiger partial charge is 0.326 e. The molecule has 0 radical (unpaired) electrons. The third kappa shape index (κ3) is 5.10. The molecule has 0 aliphatic heterocycles. The van der Waals surface area contributed by atoms with E-state index in [9.17, 15) is 9.59 Å². The van der Waals surface area contributed by atoms with E-state index in [0.29, 0.717) is 5.75 Å². The van der Waals surface area contributed by atoms with Crippen molar-refractivity contribution in [2.24, 2.45) is 5.92 Å². The summed E-state index contributed by atoms with van der Waals surface area (Å²) in [4.78, 5) is 24.9. The van der Waals surface area contributed by atoms with Crippen LogP contribution in [0.15, 0.2) is 47.4 Å². The Balaban J connectivity index is 1.52. The Kier molecular flexibility index (Phi) is 5.43. The third-order valence-corrected chi connectivity index (χ3v) is 5.20. The maximum Gasteiger partial charge on any atom is 0.234 e. The molecule has 2 aromatic carbocycles. The quantitative estimate of drug-likeness (QED) is 0.757. The van der Waals surface area contributed by atoms with Crippen molar-refractivity contribution in [3.8, 4) is 0 Å². The number of thioether (sulfide) groups is 1. The Labute approximate surface area is 152 Å². The first-order valence-electron chi connectivity index (χ1n) is 8.42. The van der Waals surface area contributed by atoms with Crippen LogP contribution in [0.3, 0.4) is 0 Å². The second kappa shape index (κ2) is 7.74. The average Bonchev–Trinajstić information content (AvgIpc) is 3.42. The minimum Gasteiger partial charge on any atom is -0.326 e. The summed E-state index contributed by atoms with van der Waals surface area (Å²) in [7, 11) is 0. The summed E-state index contributed by atoms with van der Waals surface area (Å²) in [5.74, 6) is 0.558. The molecule has 0 spiro atoms. The van der Waals surface area contributed by atoms with E-state index in [4.69, 9.17) is 0 Å². The first kappa shape index (κ1) is 17.5. The lowest BCUT2D eigenvalue weighted by Crippen LogP contribution is -2.14. The summed E-state index contributed by atoms with van der Waals surface area (Å²) in [6.07, 6.45) is 1.97. The van der Waals surface area contributed by atoms with Gasteiger partial charge in [-0.2, -0.15) is 0 Å². The highest BCUT2D eigenvalue weighted by molar-refractivity contribution is 8.00. The standard InChI is InChI=1S/C20H22N2O2S/c1-13-6-9-17(10-14(13)2)21-19(23)12-25-18-5-3-4-16(11-18)22-20(24)15-7-8-15/h3-6,9-11,15H,7-8,12H2,1-2H3,(H,21,23)(H,22,24). The van der Waals surface area contributed by atoms with Gasteiger partial charge in [0, 0.05) is 22.2 Å². The van der Waals surface area contributed by atoms with E-state index >= 15 is 0 Å². The summed E-state index contributed by atoms with van der Waals surface area (Å²) in [6.45, 7) is 4.08. The van der Waals surface area contributed by atoms with Gasteiger partial charge in [0.05, 0.1) is 5.75 Å². The van der Waals surface area contributed by atoms with Crippen LogP contribution in [0.1, 0.15) is 24.0 Å². The van der Waals surface area contributed by atoms with Gasteiger partial charge in [-0.3, -0.25) is 9.59 Å². The Hall–Kier alpha value is -2.27. The number of rotatable bonds is 6. The predicted molar refractivity (Wildman–Crippen MR) is 103 cm³/mol. The van der Waals surface area contributed by atoms with Gasteiger partial charge in [0.15, 0.2) is 0 Å². The van der Waals surface area contributed by atoms with Crippen LogP contribution in [0.4, 0.5) is 11.4 Å². The van der Waals surface area contributed by atoms with E-state index in [1.807, 2.05) is 56.3 Å². The zero-order valence-electron chi connectivity index (χ0n) is 14.5. The topological polar surface area (TPSA) is 58.2 Å². The second-order valence-electron chi connectivity index (χ2n) is 6.43. The van der Waals surface area contributed by atoms with E-state index in [-0.39, 0.29) is 17.7 Å². The fraction of sp³-hybridized carbons (Fsp3) is 0.300. The Morgan fingerprint density at radius 2 is 1.76 bits per heavy atom. The zero-order chi connectivity index (χ0) is 17.8. The number of amides is 2. The van der Waals surface area contributed by atoms with Crippen molar-refractivity contribution >= 4 is 35.0 Å². The maximum atomic E-state index is 12.1. The van der Waals surface area contributed by atoms with Crippen LogP contribution < -0.4 is 10.6 Å². The summed E-state index contributed by atoms with van der Waals surface area (Å²) in [6, 6.07) is 13.5. The molecule has 25 heavy (non-hydrogen) atoms. The molecule has 0 aromatic heterocycles. The molecular weight excluding hydrogens is 332 g/mol. The molecule has 0 unspecified atom stereocenters. The van der Waals surface area contributed by atoms with Crippen LogP contribution in [0.2, 0.25) is 0 Å². The van der Waals surface area contributed by atoms with Crippen LogP contribution in [-0.4, -0.2) is 17.6 Å². The van der Waals surface area contributed by atoms with E-state index < -0.39 is 0 Å². The molecule has 1 fully saturated rings. The summed E-state index contributed by atoms with van der Waals surface area (Å²) < 4.78 is 0. The molecule has 4 nitrogen and oxygen atoms in total. The van der Waals surface area contributed by atoms with Gasteiger partial charge in [-0.15, -0.1) is 11.8 Å². The maximum absolute atomic E-state index is 12.1. The van der Waals surface area contributed by atoms with Gasteiger partial charge < -0.3 is 10.6 Å². The second-order valence-corrected chi connectivity index (χ2v) is 7.48. The van der Waals surface area contributed by atoms with Gasteiger partial charge in [0.2, 0.25) is 11.8 Å². The lowest BCUT2D eigenvalue weighted by Gasteiger charge is -2.09. The summed E-state index contributed by atoms with van der Waals surface area (Å²) in [5, 5.41) is 5.85. The SMILES string of the molecule is Cc1ccc(NC(=O)CSc2cccc(NC(=O)C3CC3)c2)cc1C. The Bertz CT molecular complexity index is 800. The fourth-order valence-corrected chi connectivity index (χ4v) is 3.17. The van der Waals surface area contributed by atoms with E-state index in [1.54, 1.807) is 0 Å². The van der Waals surface area contributed by atoms with Gasteiger partial charge in [-0.25, -0.2) is 0 Å². The van der Waals surface area contributed by atoms with Gasteiger partial charge in [0.25, 0.3) is 0 Å². The molecule has 2 aromatic rings. The van der Waals surface area contributed by atoms with Gasteiger partial charge in [0.1, 0.15) is 0 Å². The van der Waals surface area contributed by atoms with Crippen LogP contribution in [0, 0.1) is 19.8 Å². The molecule has 1 aliphatic carbocycles. The fourth-order valence-electron chi connectivity index (χ4n) is 2.42. The molecule has 130 valence electrons. The molecule has 0 heterocycles. The summed E-state index contributed by atoms with van der Waals surface area (Å²) >= 11 is 1.46. The lowest BCUT2D eigenvalue weighted by molar-refractivity contribution is -0.117. The van der Waals surface area contributed by atoms with E-state index in [0.717, 1.165) is 34.7 Å². The number of carbonyl (C=O) groups is 2. The number of hydrogen-bond donors (Lipinski definition) is 2. The molecule has 0 bridgehead atoms. The molecular formula is C20H22N2O2S. The van der Waals surface area contributed by atoms with Gasteiger partial charge >= 0.3 is 0 Å². The number of carbonyl (C=O) groups excluding carboxylic acids is 2. The number of aryl methyl sites for hydroxylation is 2. The minimum absolute atomic E-state index is 0.0410. The number of hydrogen-bond acceptors (Lipinski definition) is 3. The molecule has 3 rings (SSSR count). The van der Waals surface area contributed by atoms with Crippen LogP contribution in [0.5, 0.6) is 0 Å². The van der Waals surface area contributed by atoms with Crippen molar-refractivity contribution < 1.29 is 9.59 Å². The number of benzene rings is 2. The lowest BCUT2D eigenvalue weighted by atomic mass is 10.1. The van der Waals surface area contributed by atoms with Crippen LogP contribution in [-0.2, 0) is 9.59 Å². The van der Waals surface area contributed by atoms with Crippen molar-refractivity contribution in [3.63, 3.8) is 0 Å². The molecule has 0 saturated heterocycles. The minimum atomic E-state index is -0.0410. The van der Waals surface area contributed by atoms with Gasteiger partial charge in [-0.1, -0.05) is 12.1 Å². The first-order chi connectivity index (χ1) is 12.0. The highest BCUT2D eigenvalue weighted by Gasteiger charge is 2.29. The van der Waals surface area contributed by atoms with Crippen molar-refractivity contribution in [2.45, 2.75) is 31.6 Å². The normalized spacial score (nSPS) is 13.4. The monoisotopic (exact) mass is 354 g/mol. The zero-order valence-corrected chi connectivity index (χ0v) is 15.3. The molecule has 0 atom stereocenters. The average molecular weight is 354 g/mol. The predicted octanol–water partition coefficient (Wildman–Crippen LogP) is 4.38. The smallest absolute Gasteiger partial charge is 0.234 e. The highest BCUT2D eigenvalue weighted by atomic mass is 32.2. The molecule has 2 amide bonds. The van der Waals surface area contributed by atoms with E-state index in [2.05, 4.69) is 10.6 Å². The van der Waals surface area contributed by atoms with Crippen molar-refractivity contribution in [3.05, 3.63) is 53.6 Å². The van der Waals surface area contributed by atoms with Crippen molar-refractivity contribution in [2.75, 3.05) is 16.4 Å². The Morgan fingerprint density at radius 1 is 1.00 bits per heavy atom. The van der Waals surface area contributed by atoms with Crippen molar-refractivity contribution in [1.29, 1.82) is 0 Å². The third-order valence-electron chi connectivity index (χ3n) is 4.21. The first-order valence-corrected chi connectivity index (χ1v) is 9.40. The molecule has 1 aliphatic rings. The van der Waals surface area contributed by atoms with Crippen LogP contribution in [0.25, 0.3) is 0 Å².